The van der Waals surface area contributed by atoms with Crippen LogP contribution in [-0.2, 0) is 0 Å². The first-order valence-corrected chi connectivity index (χ1v) is 10.2. The molecule has 1 aliphatic rings. The van der Waals surface area contributed by atoms with Crippen molar-refractivity contribution in [3.05, 3.63) is 64.3 Å². The van der Waals surface area contributed by atoms with Gasteiger partial charge < -0.3 is 10.6 Å². The van der Waals surface area contributed by atoms with E-state index in [0.717, 1.165) is 30.4 Å². The molecular weight excluding hydrogens is 375 g/mol. The normalized spacial score (nSPS) is 14.4. The zero-order valence-corrected chi connectivity index (χ0v) is 16.4. The standard InChI is InChI=1S/C22H21FN2O2S/c1-13-19-17(23)7-4-8-18(19)28-20(13)22(27)25-16-11-9-14(10-12-16)21(26)24-15-5-2-3-6-15/h4,7-12,15H,2-3,5-6H2,1H3,(H,24,26)(H,25,27). The van der Waals surface area contributed by atoms with Gasteiger partial charge in [-0.25, -0.2) is 4.39 Å². The summed E-state index contributed by atoms with van der Waals surface area (Å²) in [6.45, 7) is 1.76. The van der Waals surface area contributed by atoms with Gasteiger partial charge in [0.15, 0.2) is 0 Å². The zero-order valence-electron chi connectivity index (χ0n) is 15.5. The van der Waals surface area contributed by atoms with Crippen LogP contribution < -0.4 is 10.6 Å². The lowest BCUT2D eigenvalue weighted by Crippen LogP contribution is -2.32. The molecule has 0 spiro atoms. The van der Waals surface area contributed by atoms with Gasteiger partial charge in [0.25, 0.3) is 11.8 Å². The van der Waals surface area contributed by atoms with Crippen molar-refractivity contribution in [1.29, 1.82) is 0 Å². The Kier molecular flexibility index (Phi) is 5.13. The number of rotatable bonds is 4. The maximum atomic E-state index is 14.1. The van der Waals surface area contributed by atoms with Crippen molar-refractivity contribution >= 4 is 38.9 Å². The van der Waals surface area contributed by atoms with Crippen LogP contribution in [0.2, 0.25) is 0 Å². The molecule has 0 unspecified atom stereocenters. The molecule has 3 aromatic rings. The van der Waals surface area contributed by atoms with Crippen LogP contribution in [0.25, 0.3) is 10.1 Å². The van der Waals surface area contributed by atoms with E-state index in [9.17, 15) is 14.0 Å². The molecule has 0 aliphatic heterocycles. The molecule has 1 aliphatic carbocycles. The van der Waals surface area contributed by atoms with Crippen LogP contribution >= 0.6 is 11.3 Å². The molecule has 0 saturated heterocycles. The van der Waals surface area contributed by atoms with Crippen molar-refractivity contribution < 1.29 is 14.0 Å². The Morgan fingerprint density at radius 1 is 1.04 bits per heavy atom. The average Bonchev–Trinajstić information content (AvgIpc) is 3.31. The average molecular weight is 396 g/mol. The molecule has 0 atom stereocenters. The highest BCUT2D eigenvalue weighted by Gasteiger charge is 2.19. The van der Waals surface area contributed by atoms with Gasteiger partial charge in [0.2, 0.25) is 0 Å². The van der Waals surface area contributed by atoms with Crippen molar-refractivity contribution in [3.63, 3.8) is 0 Å². The summed E-state index contributed by atoms with van der Waals surface area (Å²) in [5, 5.41) is 6.38. The lowest BCUT2D eigenvalue weighted by molar-refractivity contribution is 0.0937. The topological polar surface area (TPSA) is 58.2 Å². The summed E-state index contributed by atoms with van der Waals surface area (Å²) in [6.07, 6.45) is 4.40. The fourth-order valence-electron chi connectivity index (χ4n) is 3.70. The van der Waals surface area contributed by atoms with Gasteiger partial charge in [-0.05, 0) is 61.7 Å². The molecule has 1 heterocycles. The van der Waals surface area contributed by atoms with Gasteiger partial charge in [0.1, 0.15) is 5.82 Å². The molecule has 144 valence electrons. The third-order valence-electron chi connectivity index (χ3n) is 5.20. The summed E-state index contributed by atoms with van der Waals surface area (Å²) in [5.74, 6) is -0.676. The zero-order chi connectivity index (χ0) is 19.7. The van der Waals surface area contributed by atoms with Gasteiger partial charge in [-0.1, -0.05) is 18.9 Å². The lowest BCUT2D eigenvalue weighted by atomic mass is 10.1. The third-order valence-corrected chi connectivity index (χ3v) is 6.46. The third kappa shape index (κ3) is 3.64. The largest absolute Gasteiger partial charge is 0.349 e. The molecule has 0 bridgehead atoms. The van der Waals surface area contributed by atoms with Crippen molar-refractivity contribution in [1.82, 2.24) is 5.32 Å². The predicted molar refractivity (Wildman–Crippen MR) is 111 cm³/mol. The monoisotopic (exact) mass is 396 g/mol. The molecule has 2 aromatic carbocycles. The predicted octanol–water partition coefficient (Wildman–Crippen LogP) is 5.27. The van der Waals surface area contributed by atoms with Gasteiger partial charge in [-0.15, -0.1) is 11.3 Å². The Morgan fingerprint density at radius 2 is 1.75 bits per heavy atom. The number of hydrogen-bond donors (Lipinski definition) is 2. The van der Waals surface area contributed by atoms with E-state index in [0.29, 0.717) is 27.1 Å². The van der Waals surface area contributed by atoms with E-state index in [1.165, 1.54) is 17.4 Å². The summed E-state index contributed by atoms with van der Waals surface area (Å²) in [4.78, 5) is 25.5. The van der Waals surface area contributed by atoms with Gasteiger partial charge in [-0.3, -0.25) is 9.59 Å². The van der Waals surface area contributed by atoms with E-state index in [-0.39, 0.29) is 23.7 Å². The van der Waals surface area contributed by atoms with Gasteiger partial charge in [0.05, 0.1) is 4.88 Å². The first-order valence-electron chi connectivity index (χ1n) is 9.43. The maximum Gasteiger partial charge on any atom is 0.266 e. The summed E-state index contributed by atoms with van der Waals surface area (Å²) >= 11 is 1.28. The Hall–Kier alpha value is -2.73. The molecule has 1 fully saturated rings. The number of aryl methyl sites for hydroxylation is 1. The Bertz CT molecular complexity index is 1040. The van der Waals surface area contributed by atoms with Crippen LogP contribution in [0.1, 0.15) is 51.3 Å². The smallest absolute Gasteiger partial charge is 0.266 e. The minimum Gasteiger partial charge on any atom is -0.349 e. The first-order chi connectivity index (χ1) is 13.5. The number of benzene rings is 2. The second-order valence-electron chi connectivity index (χ2n) is 7.16. The Morgan fingerprint density at radius 3 is 2.43 bits per heavy atom. The van der Waals surface area contributed by atoms with Crippen molar-refractivity contribution in [2.75, 3.05) is 5.32 Å². The number of carbonyl (C=O) groups excluding carboxylic acids is 2. The van der Waals surface area contributed by atoms with E-state index >= 15 is 0 Å². The van der Waals surface area contributed by atoms with E-state index < -0.39 is 0 Å². The minimum absolute atomic E-state index is 0.0828. The highest BCUT2D eigenvalue weighted by Crippen LogP contribution is 2.33. The number of thiophene rings is 1. The summed E-state index contributed by atoms with van der Waals surface area (Å²) in [5.41, 5.74) is 1.81. The van der Waals surface area contributed by atoms with Crippen molar-refractivity contribution in [3.8, 4) is 0 Å². The van der Waals surface area contributed by atoms with Gasteiger partial charge in [0, 0.05) is 27.4 Å². The van der Waals surface area contributed by atoms with Crippen molar-refractivity contribution in [2.45, 2.75) is 38.6 Å². The lowest BCUT2D eigenvalue weighted by Gasteiger charge is -2.12. The highest BCUT2D eigenvalue weighted by atomic mass is 32.1. The number of carbonyl (C=O) groups is 2. The molecule has 2 amide bonds. The molecule has 28 heavy (non-hydrogen) atoms. The first kappa shape index (κ1) is 18.6. The second kappa shape index (κ2) is 7.72. The second-order valence-corrected chi connectivity index (χ2v) is 8.21. The fourth-order valence-corrected chi connectivity index (χ4v) is 4.82. The molecule has 0 radical (unpaired) electrons. The molecular formula is C22H21FN2O2S. The summed E-state index contributed by atoms with van der Waals surface area (Å²) < 4.78 is 14.8. The van der Waals surface area contributed by atoms with Crippen LogP contribution in [0, 0.1) is 12.7 Å². The van der Waals surface area contributed by atoms with Crippen LogP contribution in [0.5, 0.6) is 0 Å². The number of hydrogen-bond acceptors (Lipinski definition) is 3. The molecule has 1 aromatic heterocycles. The fraction of sp³-hybridized carbons (Fsp3) is 0.273. The van der Waals surface area contributed by atoms with E-state index in [4.69, 9.17) is 0 Å². The van der Waals surface area contributed by atoms with E-state index in [2.05, 4.69) is 10.6 Å². The SMILES string of the molecule is Cc1c(C(=O)Nc2ccc(C(=O)NC3CCCC3)cc2)sc2cccc(F)c12. The molecule has 6 heteroatoms. The van der Waals surface area contributed by atoms with E-state index in [1.807, 2.05) is 6.07 Å². The number of amides is 2. The van der Waals surface area contributed by atoms with Gasteiger partial charge >= 0.3 is 0 Å². The molecule has 4 nitrogen and oxygen atoms in total. The van der Waals surface area contributed by atoms with Crippen LogP contribution in [0.3, 0.4) is 0 Å². The van der Waals surface area contributed by atoms with Crippen molar-refractivity contribution in [2.24, 2.45) is 0 Å². The Balaban J connectivity index is 1.47. The minimum atomic E-state index is -0.317. The molecule has 4 rings (SSSR count). The molecule has 1 saturated carbocycles. The summed E-state index contributed by atoms with van der Waals surface area (Å²) in [7, 11) is 0. The number of halogens is 1. The summed E-state index contributed by atoms with van der Waals surface area (Å²) in [6, 6.07) is 12.0. The van der Waals surface area contributed by atoms with Crippen LogP contribution in [0.15, 0.2) is 42.5 Å². The van der Waals surface area contributed by atoms with Crippen LogP contribution in [-0.4, -0.2) is 17.9 Å². The Labute approximate surface area is 166 Å². The number of nitrogens with one attached hydrogen (secondary N) is 2. The quantitative estimate of drug-likeness (QED) is 0.631. The number of fused-ring (bicyclic) bond motifs is 1. The number of anilines is 1. The molecule has 2 N–H and O–H groups in total. The highest BCUT2D eigenvalue weighted by molar-refractivity contribution is 7.21. The van der Waals surface area contributed by atoms with Gasteiger partial charge in [-0.2, -0.15) is 0 Å². The van der Waals surface area contributed by atoms with Crippen LogP contribution in [0.4, 0.5) is 10.1 Å². The van der Waals surface area contributed by atoms with E-state index in [1.54, 1.807) is 37.3 Å². The maximum absolute atomic E-state index is 14.1.